The number of fused-ring (bicyclic) bond motifs is 4. The molecule has 8 heteroatoms. The van der Waals surface area contributed by atoms with E-state index < -0.39 is 6.04 Å². The molecule has 2 aromatic rings. The smallest absolute Gasteiger partial charge is 0.251 e. The molecule has 0 unspecified atom stereocenters. The molecule has 1 fully saturated rings. The SMILES string of the molecule is CC(=O)N1C[C@H]2C[C@@H](C1)[C@H](C(=O)NCCc1cnccn1)n1c2cccc1=O. The Morgan fingerprint density at radius 1 is 1.25 bits per heavy atom. The van der Waals surface area contributed by atoms with E-state index in [-0.39, 0.29) is 29.2 Å². The molecule has 2 aliphatic heterocycles. The number of carbonyl (C=O) groups is 2. The summed E-state index contributed by atoms with van der Waals surface area (Å²) < 4.78 is 1.63. The molecule has 0 aromatic carbocycles. The van der Waals surface area contributed by atoms with Gasteiger partial charge < -0.3 is 10.2 Å². The second-order valence-corrected chi connectivity index (χ2v) is 7.46. The molecule has 0 aliphatic carbocycles. The third-order valence-corrected chi connectivity index (χ3v) is 5.66. The van der Waals surface area contributed by atoms with Gasteiger partial charge in [0, 0.05) is 75.2 Å². The fraction of sp³-hybridized carbons (Fsp3) is 0.450. The Hall–Kier alpha value is -3.03. The maximum atomic E-state index is 13.1. The largest absolute Gasteiger partial charge is 0.354 e. The van der Waals surface area contributed by atoms with Gasteiger partial charge in [0.25, 0.3) is 5.56 Å². The van der Waals surface area contributed by atoms with Crippen molar-refractivity contribution >= 4 is 11.8 Å². The number of likely N-dealkylation sites (tertiary alicyclic amines) is 1. The van der Waals surface area contributed by atoms with Gasteiger partial charge in [-0.2, -0.15) is 0 Å². The third-order valence-electron chi connectivity index (χ3n) is 5.66. The molecule has 0 spiro atoms. The predicted octanol–water partition coefficient (Wildman–Crippen LogP) is 0.504. The van der Waals surface area contributed by atoms with Crippen LogP contribution in [0.2, 0.25) is 0 Å². The van der Waals surface area contributed by atoms with E-state index in [1.54, 1.807) is 41.0 Å². The number of pyridine rings is 1. The monoisotopic (exact) mass is 381 g/mol. The molecule has 4 rings (SSSR count). The minimum atomic E-state index is -0.607. The Bertz CT molecular complexity index is 942. The number of carbonyl (C=O) groups excluding carboxylic acids is 2. The van der Waals surface area contributed by atoms with Crippen molar-refractivity contribution in [2.75, 3.05) is 19.6 Å². The van der Waals surface area contributed by atoms with Gasteiger partial charge in [-0.3, -0.25) is 28.9 Å². The van der Waals surface area contributed by atoms with E-state index in [9.17, 15) is 14.4 Å². The highest BCUT2D eigenvalue weighted by molar-refractivity contribution is 5.81. The highest BCUT2D eigenvalue weighted by Gasteiger charge is 2.44. The molecule has 1 saturated heterocycles. The maximum Gasteiger partial charge on any atom is 0.251 e. The lowest BCUT2D eigenvalue weighted by molar-refractivity contribution is -0.135. The molecule has 0 radical (unpaired) electrons. The van der Waals surface area contributed by atoms with Gasteiger partial charge in [-0.1, -0.05) is 6.07 Å². The van der Waals surface area contributed by atoms with Crippen molar-refractivity contribution in [3.63, 3.8) is 0 Å². The van der Waals surface area contributed by atoms with Crippen LogP contribution in [-0.4, -0.2) is 50.9 Å². The van der Waals surface area contributed by atoms with Crippen molar-refractivity contribution in [2.45, 2.75) is 31.7 Å². The van der Waals surface area contributed by atoms with Crippen molar-refractivity contribution in [1.29, 1.82) is 0 Å². The molecule has 0 saturated carbocycles. The van der Waals surface area contributed by atoms with E-state index in [1.807, 2.05) is 6.07 Å². The Labute approximate surface area is 162 Å². The summed E-state index contributed by atoms with van der Waals surface area (Å²) in [6.07, 6.45) is 6.26. The number of rotatable bonds is 4. The lowest BCUT2D eigenvalue weighted by Gasteiger charge is -2.46. The van der Waals surface area contributed by atoms with E-state index >= 15 is 0 Å². The zero-order valence-electron chi connectivity index (χ0n) is 15.7. The summed E-state index contributed by atoms with van der Waals surface area (Å²) in [6.45, 7) is 3.05. The van der Waals surface area contributed by atoms with Crippen LogP contribution >= 0.6 is 0 Å². The third kappa shape index (κ3) is 3.42. The molecular formula is C20H23N5O3. The molecule has 2 aliphatic rings. The summed E-state index contributed by atoms with van der Waals surface area (Å²) in [7, 11) is 0. The topological polar surface area (TPSA) is 97.2 Å². The second kappa shape index (κ2) is 7.53. The van der Waals surface area contributed by atoms with Gasteiger partial charge in [-0.15, -0.1) is 0 Å². The summed E-state index contributed by atoms with van der Waals surface area (Å²) in [4.78, 5) is 47.6. The number of hydrogen-bond acceptors (Lipinski definition) is 5. The summed E-state index contributed by atoms with van der Waals surface area (Å²) in [6, 6.07) is 4.51. The molecule has 3 atom stereocenters. The van der Waals surface area contributed by atoms with Gasteiger partial charge >= 0.3 is 0 Å². The standard InChI is InChI=1S/C20H23N5O3/c1-13(26)24-11-14-9-15(12-24)19(25-17(14)3-2-4-18(25)27)20(28)23-6-5-16-10-21-7-8-22-16/h2-4,7-8,10,14-15,19H,5-6,9,11-12H2,1H3,(H,23,28)/t14-,15+,19-/m1/s1. The van der Waals surface area contributed by atoms with Crippen molar-refractivity contribution in [2.24, 2.45) is 5.92 Å². The predicted molar refractivity (Wildman–Crippen MR) is 102 cm³/mol. The molecule has 28 heavy (non-hydrogen) atoms. The number of nitrogens with one attached hydrogen (secondary N) is 1. The van der Waals surface area contributed by atoms with Crippen LogP contribution in [0.3, 0.4) is 0 Å². The van der Waals surface area contributed by atoms with Crippen LogP contribution in [-0.2, 0) is 16.0 Å². The fourth-order valence-corrected chi connectivity index (χ4v) is 4.41. The zero-order chi connectivity index (χ0) is 19.7. The fourth-order valence-electron chi connectivity index (χ4n) is 4.41. The minimum Gasteiger partial charge on any atom is -0.354 e. The first-order chi connectivity index (χ1) is 13.5. The first kappa shape index (κ1) is 18.3. The number of amides is 2. The van der Waals surface area contributed by atoms with Crippen LogP contribution < -0.4 is 10.9 Å². The lowest BCUT2D eigenvalue weighted by Crippen LogP contribution is -2.54. The van der Waals surface area contributed by atoms with Crippen LogP contribution in [0.5, 0.6) is 0 Å². The van der Waals surface area contributed by atoms with Crippen molar-refractivity contribution in [3.05, 3.63) is 58.5 Å². The van der Waals surface area contributed by atoms with Crippen molar-refractivity contribution in [1.82, 2.24) is 24.8 Å². The minimum absolute atomic E-state index is 0.00300. The Morgan fingerprint density at radius 3 is 2.86 bits per heavy atom. The summed E-state index contributed by atoms with van der Waals surface area (Å²) in [5.41, 5.74) is 1.46. The number of piperidine rings is 1. The van der Waals surface area contributed by atoms with E-state index in [2.05, 4.69) is 15.3 Å². The molecule has 2 bridgehead atoms. The summed E-state index contributed by atoms with van der Waals surface area (Å²) in [5, 5.41) is 2.95. The molecule has 1 N–H and O–H groups in total. The van der Waals surface area contributed by atoms with Gasteiger partial charge in [0.1, 0.15) is 6.04 Å². The van der Waals surface area contributed by atoms with Crippen LogP contribution in [0.25, 0.3) is 0 Å². The first-order valence-electron chi connectivity index (χ1n) is 9.54. The average molecular weight is 381 g/mol. The Kier molecular flexibility index (Phi) is 4.93. The van der Waals surface area contributed by atoms with E-state index in [1.165, 1.54) is 6.07 Å². The quantitative estimate of drug-likeness (QED) is 0.832. The Balaban J connectivity index is 1.57. The molecule has 146 valence electrons. The van der Waals surface area contributed by atoms with Crippen LogP contribution in [0.4, 0.5) is 0 Å². The van der Waals surface area contributed by atoms with Gasteiger partial charge in [0.2, 0.25) is 11.8 Å². The van der Waals surface area contributed by atoms with Crippen molar-refractivity contribution < 1.29 is 9.59 Å². The zero-order valence-corrected chi connectivity index (χ0v) is 15.7. The number of hydrogen-bond donors (Lipinski definition) is 1. The summed E-state index contributed by atoms with van der Waals surface area (Å²) >= 11 is 0. The Morgan fingerprint density at radius 2 is 2.11 bits per heavy atom. The van der Waals surface area contributed by atoms with Crippen LogP contribution in [0.15, 0.2) is 41.6 Å². The second-order valence-electron chi connectivity index (χ2n) is 7.46. The maximum absolute atomic E-state index is 13.1. The molecule has 8 nitrogen and oxygen atoms in total. The van der Waals surface area contributed by atoms with Gasteiger partial charge in [0.15, 0.2) is 0 Å². The molecule has 2 aromatic heterocycles. The van der Waals surface area contributed by atoms with Gasteiger partial charge in [-0.25, -0.2) is 0 Å². The highest BCUT2D eigenvalue weighted by Crippen LogP contribution is 2.41. The molecular weight excluding hydrogens is 358 g/mol. The van der Waals surface area contributed by atoms with Crippen LogP contribution in [0, 0.1) is 5.92 Å². The van der Waals surface area contributed by atoms with E-state index in [4.69, 9.17) is 0 Å². The van der Waals surface area contributed by atoms with Gasteiger partial charge in [-0.05, 0) is 12.5 Å². The number of nitrogens with zero attached hydrogens (tertiary/aromatic N) is 4. The van der Waals surface area contributed by atoms with Gasteiger partial charge in [0.05, 0.1) is 5.69 Å². The number of aromatic nitrogens is 3. The normalized spacial score (nSPS) is 23.0. The highest BCUT2D eigenvalue weighted by atomic mass is 16.2. The lowest BCUT2D eigenvalue weighted by atomic mass is 9.78. The molecule has 4 heterocycles. The van der Waals surface area contributed by atoms with Crippen molar-refractivity contribution in [3.8, 4) is 0 Å². The summed E-state index contributed by atoms with van der Waals surface area (Å²) in [5.74, 6) is -0.178. The van der Waals surface area contributed by atoms with E-state index in [0.717, 1.165) is 17.8 Å². The average Bonchev–Trinajstić information content (AvgIpc) is 2.69. The first-order valence-corrected chi connectivity index (χ1v) is 9.54. The van der Waals surface area contributed by atoms with E-state index in [0.29, 0.717) is 26.1 Å². The van der Waals surface area contributed by atoms with Crippen LogP contribution in [0.1, 0.15) is 36.7 Å². The molecule has 2 amide bonds.